The van der Waals surface area contributed by atoms with E-state index in [0.29, 0.717) is 31.1 Å². The minimum absolute atomic E-state index is 0.0368. The van der Waals surface area contributed by atoms with E-state index in [4.69, 9.17) is 10.5 Å². The fourth-order valence-corrected chi connectivity index (χ4v) is 3.84. The molecular formula is C25H45NO3. The molecular weight excluding hydrogens is 362 g/mol. The van der Waals surface area contributed by atoms with Crippen LogP contribution in [0, 0.1) is 11.8 Å². The fraction of sp³-hybridized carbons (Fsp3) is 0.760. The number of aromatic hydroxyl groups is 1. The van der Waals surface area contributed by atoms with Crippen molar-refractivity contribution in [2.75, 3.05) is 13.2 Å². The Kier molecular flexibility index (Phi) is 12.3. The number of phenolic OH excluding ortho intramolecular Hbond substituents is 1. The number of ether oxygens (including phenoxy) is 1. The molecule has 0 heterocycles. The number of nitrogens with two attached hydrogens (primary N) is 1. The Morgan fingerprint density at radius 2 is 1.62 bits per heavy atom. The number of aryl methyl sites for hydroxylation is 1. The number of phenols is 1. The summed E-state index contributed by atoms with van der Waals surface area (Å²) in [5.74, 6) is 2.21. The van der Waals surface area contributed by atoms with Gasteiger partial charge in [0.05, 0.1) is 13.2 Å². The van der Waals surface area contributed by atoms with Crippen LogP contribution in [-0.4, -0.2) is 29.0 Å². The number of unbranched alkanes of at least 4 members (excludes halogenated alkanes) is 5. The van der Waals surface area contributed by atoms with Crippen molar-refractivity contribution in [3.63, 3.8) is 0 Å². The summed E-state index contributed by atoms with van der Waals surface area (Å²) in [6, 6.07) is 5.52. The van der Waals surface area contributed by atoms with Crippen LogP contribution >= 0.6 is 0 Å². The van der Waals surface area contributed by atoms with Gasteiger partial charge in [-0.25, -0.2) is 0 Å². The predicted octanol–water partition coefficient (Wildman–Crippen LogP) is 5.83. The summed E-state index contributed by atoms with van der Waals surface area (Å²) in [5.41, 5.74) is 6.58. The van der Waals surface area contributed by atoms with E-state index >= 15 is 0 Å². The molecule has 1 aromatic rings. The van der Waals surface area contributed by atoms with Crippen molar-refractivity contribution in [2.45, 2.75) is 97.4 Å². The first kappa shape index (κ1) is 25.8. The first-order valence-corrected chi connectivity index (χ1v) is 11.6. The van der Waals surface area contributed by atoms with E-state index in [1.54, 1.807) is 6.07 Å². The third-order valence-corrected chi connectivity index (χ3v) is 5.52. The normalized spacial score (nSPS) is 13.8. The summed E-state index contributed by atoms with van der Waals surface area (Å²) in [4.78, 5) is 0. The summed E-state index contributed by atoms with van der Waals surface area (Å²) >= 11 is 0. The van der Waals surface area contributed by atoms with E-state index in [9.17, 15) is 10.2 Å². The van der Waals surface area contributed by atoms with Crippen molar-refractivity contribution in [2.24, 2.45) is 17.6 Å². The molecule has 0 aliphatic rings. The Bertz CT molecular complexity index is 559. The first-order valence-electron chi connectivity index (χ1n) is 11.6. The van der Waals surface area contributed by atoms with Crippen LogP contribution in [0.4, 0.5) is 0 Å². The number of hydrogen-bond acceptors (Lipinski definition) is 4. The van der Waals surface area contributed by atoms with Gasteiger partial charge in [-0.2, -0.15) is 0 Å². The largest absolute Gasteiger partial charge is 0.508 e. The van der Waals surface area contributed by atoms with Crippen molar-refractivity contribution < 1.29 is 14.9 Å². The Balaban J connectivity index is 2.29. The van der Waals surface area contributed by atoms with Gasteiger partial charge >= 0.3 is 0 Å². The SMILES string of the molecule is CC(C)CCCCCCCCOc1ccc(CC[C@@](N)(CO)CC(C)C)c(O)c1. The molecule has 29 heavy (non-hydrogen) atoms. The van der Waals surface area contributed by atoms with Gasteiger partial charge in [-0.05, 0) is 49.1 Å². The van der Waals surface area contributed by atoms with Crippen LogP contribution in [-0.2, 0) is 6.42 Å². The van der Waals surface area contributed by atoms with Gasteiger partial charge in [0, 0.05) is 11.6 Å². The molecule has 4 heteroatoms. The molecule has 0 aromatic heterocycles. The van der Waals surface area contributed by atoms with Crippen LogP contribution in [0.25, 0.3) is 0 Å². The molecule has 0 aliphatic heterocycles. The molecule has 1 aromatic carbocycles. The number of rotatable bonds is 16. The lowest BCUT2D eigenvalue weighted by atomic mass is 9.85. The van der Waals surface area contributed by atoms with E-state index in [1.165, 1.54) is 38.5 Å². The first-order chi connectivity index (χ1) is 13.8. The predicted molar refractivity (Wildman–Crippen MR) is 123 cm³/mol. The van der Waals surface area contributed by atoms with Gasteiger partial charge in [0.2, 0.25) is 0 Å². The van der Waals surface area contributed by atoms with Crippen LogP contribution in [0.5, 0.6) is 11.5 Å². The summed E-state index contributed by atoms with van der Waals surface area (Å²) in [6.07, 6.45) is 10.9. The molecule has 0 saturated carbocycles. The molecule has 0 bridgehead atoms. The van der Waals surface area contributed by atoms with Crippen LogP contribution in [0.1, 0.15) is 91.0 Å². The van der Waals surface area contributed by atoms with Gasteiger partial charge in [0.15, 0.2) is 0 Å². The second kappa shape index (κ2) is 13.9. The van der Waals surface area contributed by atoms with Gasteiger partial charge in [0.1, 0.15) is 11.5 Å². The zero-order valence-electron chi connectivity index (χ0n) is 19.3. The molecule has 0 fully saturated rings. The van der Waals surface area contributed by atoms with Crippen LogP contribution in [0.3, 0.4) is 0 Å². The summed E-state index contributed by atoms with van der Waals surface area (Å²) in [6.45, 7) is 9.44. The summed E-state index contributed by atoms with van der Waals surface area (Å²) < 4.78 is 5.80. The number of aliphatic hydroxyl groups is 1. The molecule has 1 atom stereocenters. The third kappa shape index (κ3) is 11.5. The van der Waals surface area contributed by atoms with E-state index in [2.05, 4.69) is 27.7 Å². The maximum Gasteiger partial charge on any atom is 0.122 e. The number of benzene rings is 1. The van der Waals surface area contributed by atoms with E-state index in [0.717, 1.165) is 24.3 Å². The Labute approximate surface area is 178 Å². The highest BCUT2D eigenvalue weighted by atomic mass is 16.5. The lowest BCUT2D eigenvalue weighted by Gasteiger charge is -2.29. The van der Waals surface area contributed by atoms with Gasteiger partial charge in [-0.3, -0.25) is 0 Å². The van der Waals surface area contributed by atoms with E-state index < -0.39 is 5.54 Å². The monoisotopic (exact) mass is 407 g/mol. The lowest BCUT2D eigenvalue weighted by molar-refractivity contribution is 0.165. The van der Waals surface area contributed by atoms with E-state index in [-0.39, 0.29) is 12.4 Å². The average Bonchev–Trinajstić information content (AvgIpc) is 2.65. The fourth-order valence-electron chi connectivity index (χ4n) is 3.84. The van der Waals surface area contributed by atoms with Crippen LogP contribution in [0.2, 0.25) is 0 Å². The van der Waals surface area contributed by atoms with Gasteiger partial charge in [-0.1, -0.05) is 72.3 Å². The zero-order valence-corrected chi connectivity index (χ0v) is 19.3. The highest BCUT2D eigenvalue weighted by Crippen LogP contribution is 2.27. The van der Waals surface area contributed by atoms with Crippen molar-refractivity contribution in [1.29, 1.82) is 0 Å². The van der Waals surface area contributed by atoms with E-state index in [1.807, 2.05) is 12.1 Å². The zero-order chi connectivity index (χ0) is 21.7. The maximum absolute atomic E-state index is 10.3. The second-order valence-corrected chi connectivity index (χ2v) is 9.56. The average molecular weight is 408 g/mol. The minimum Gasteiger partial charge on any atom is -0.508 e. The van der Waals surface area contributed by atoms with Crippen LogP contribution < -0.4 is 10.5 Å². The summed E-state index contributed by atoms with van der Waals surface area (Å²) in [5, 5.41) is 20.0. The third-order valence-electron chi connectivity index (χ3n) is 5.52. The van der Waals surface area contributed by atoms with Crippen molar-refractivity contribution in [3.8, 4) is 11.5 Å². The van der Waals surface area contributed by atoms with Gasteiger partial charge in [-0.15, -0.1) is 0 Å². The summed E-state index contributed by atoms with van der Waals surface area (Å²) in [7, 11) is 0. The molecule has 1 rings (SSSR count). The number of hydrogen-bond donors (Lipinski definition) is 3. The topological polar surface area (TPSA) is 75.7 Å². The van der Waals surface area contributed by atoms with Gasteiger partial charge < -0.3 is 20.7 Å². The second-order valence-electron chi connectivity index (χ2n) is 9.56. The van der Waals surface area contributed by atoms with Crippen LogP contribution in [0.15, 0.2) is 18.2 Å². The molecule has 0 amide bonds. The number of aliphatic hydroxyl groups excluding tert-OH is 1. The quantitative estimate of drug-likeness (QED) is 0.302. The minimum atomic E-state index is -0.593. The standard InChI is InChI=1S/C25H45NO3/c1-20(2)11-9-7-5-6-8-10-16-29-23-13-12-22(24(28)17-23)14-15-25(26,19-27)18-21(3)4/h12-13,17,20-21,27-28H,5-11,14-16,18-19,26H2,1-4H3/t25-/m0/s1. The molecule has 0 saturated heterocycles. The Morgan fingerprint density at radius 1 is 0.966 bits per heavy atom. The Morgan fingerprint density at radius 3 is 2.21 bits per heavy atom. The highest BCUT2D eigenvalue weighted by Gasteiger charge is 2.25. The molecule has 168 valence electrons. The van der Waals surface area contributed by atoms with Crippen molar-refractivity contribution >= 4 is 0 Å². The molecule has 0 aliphatic carbocycles. The molecule has 0 spiro atoms. The lowest BCUT2D eigenvalue weighted by Crippen LogP contribution is -2.45. The van der Waals surface area contributed by atoms with Crippen molar-refractivity contribution in [3.05, 3.63) is 23.8 Å². The van der Waals surface area contributed by atoms with Gasteiger partial charge in [0.25, 0.3) is 0 Å². The molecule has 4 N–H and O–H groups in total. The smallest absolute Gasteiger partial charge is 0.122 e. The van der Waals surface area contributed by atoms with Crippen molar-refractivity contribution in [1.82, 2.24) is 0 Å². The highest BCUT2D eigenvalue weighted by molar-refractivity contribution is 5.39. The molecule has 0 radical (unpaired) electrons. The maximum atomic E-state index is 10.3. The molecule has 4 nitrogen and oxygen atoms in total. The Hall–Kier alpha value is -1.26. The molecule has 0 unspecified atom stereocenters.